The van der Waals surface area contributed by atoms with Crippen molar-refractivity contribution in [3.63, 3.8) is 0 Å². The Bertz CT molecular complexity index is 1070. The lowest BCUT2D eigenvalue weighted by Crippen LogP contribution is -2.41. The molecular formula is C20H23ClN4O4S. The quantitative estimate of drug-likeness (QED) is 0.703. The first-order valence-electron chi connectivity index (χ1n) is 9.53. The molecule has 1 saturated heterocycles. The molecule has 2 aromatic rings. The first kappa shape index (κ1) is 22.2. The molecule has 2 amide bonds. The second kappa shape index (κ2) is 9.11. The van der Waals surface area contributed by atoms with E-state index in [0.717, 1.165) is 12.8 Å². The van der Waals surface area contributed by atoms with E-state index in [2.05, 4.69) is 15.6 Å². The van der Waals surface area contributed by atoms with Crippen LogP contribution in [0.15, 0.2) is 41.4 Å². The third-order valence-electron chi connectivity index (χ3n) is 4.88. The van der Waals surface area contributed by atoms with Crippen LogP contribution in [0.5, 0.6) is 0 Å². The lowest BCUT2D eigenvalue weighted by atomic mass is 10.2. The van der Waals surface area contributed by atoms with Crippen LogP contribution in [-0.4, -0.2) is 48.7 Å². The third-order valence-corrected chi connectivity index (χ3v) is 7.26. The van der Waals surface area contributed by atoms with E-state index >= 15 is 0 Å². The maximum atomic E-state index is 12.8. The Labute approximate surface area is 180 Å². The largest absolute Gasteiger partial charge is 0.341 e. The van der Waals surface area contributed by atoms with Crippen molar-refractivity contribution in [3.05, 3.63) is 52.8 Å². The van der Waals surface area contributed by atoms with E-state index in [1.165, 1.54) is 29.4 Å². The topological polar surface area (TPSA) is 108 Å². The van der Waals surface area contributed by atoms with Gasteiger partial charge in [-0.05, 0) is 57.0 Å². The van der Waals surface area contributed by atoms with Crippen molar-refractivity contribution in [2.45, 2.75) is 37.6 Å². The molecule has 1 aliphatic rings. The number of hydrogen-bond donors (Lipinski definition) is 2. The van der Waals surface area contributed by atoms with Crippen molar-refractivity contribution in [2.75, 3.05) is 18.4 Å². The minimum atomic E-state index is -3.78. The predicted octanol–water partition coefficient (Wildman–Crippen LogP) is 2.58. The summed E-state index contributed by atoms with van der Waals surface area (Å²) in [5.41, 5.74) is 1.31. The standard InChI is InChI=1S/C20H23ClN4O4S/c1-13-17(6-5-9-22-13)24-19(26)14(2)23-20(27)15-7-8-16(21)18(12-15)30(28,29)25-10-3-4-11-25/h5-9,12,14H,3-4,10-11H2,1-2H3,(H,23,27)(H,24,26)/t14-/m0/s1. The Kier molecular flexibility index (Phi) is 6.74. The highest BCUT2D eigenvalue weighted by atomic mass is 35.5. The molecule has 2 N–H and O–H groups in total. The van der Waals surface area contributed by atoms with Crippen LogP contribution in [0.3, 0.4) is 0 Å². The Morgan fingerprint density at radius 3 is 2.57 bits per heavy atom. The molecule has 8 nitrogen and oxygen atoms in total. The molecule has 0 aliphatic carbocycles. The Morgan fingerprint density at radius 1 is 1.20 bits per heavy atom. The minimum absolute atomic E-state index is 0.0521. The van der Waals surface area contributed by atoms with Crippen molar-refractivity contribution < 1.29 is 18.0 Å². The third kappa shape index (κ3) is 4.80. The maximum Gasteiger partial charge on any atom is 0.251 e. The van der Waals surface area contributed by atoms with Gasteiger partial charge >= 0.3 is 0 Å². The fraction of sp³-hybridized carbons (Fsp3) is 0.350. The molecular weight excluding hydrogens is 428 g/mol. The molecule has 2 heterocycles. The summed E-state index contributed by atoms with van der Waals surface area (Å²) < 4.78 is 27.0. The van der Waals surface area contributed by atoms with Crippen LogP contribution >= 0.6 is 11.6 Å². The average Bonchev–Trinajstić information content (AvgIpc) is 3.25. The zero-order valence-corrected chi connectivity index (χ0v) is 18.3. The van der Waals surface area contributed by atoms with Gasteiger partial charge in [0.1, 0.15) is 10.9 Å². The maximum absolute atomic E-state index is 12.8. The fourth-order valence-electron chi connectivity index (χ4n) is 3.11. The van der Waals surface area contributed by atoms with Crippen molar-refractivity contribution in [1.29, 1.82) is 0 Å². The molecule has 1 atom stereocenters. The summed E-state index contributed by atoms with van der Waals surface area (Å²) in [7, 11) is -3.78. The summed E-state index contributed by atoms with van der Waals surface area (Å²) in [6, 6.07) is 6.61. The van der Waals surface area contributed by atoms with Gasteiger partial charge in [-0.1, -0.05) is 11.6 Å². The number of rotatable bonds is 6. The molecule has 1 aromatic heterocycles. The van der Waals surface area contributed by atoms with Gasteiger partial charge in [-0.25, -0.2) is 8.42 Å². The van der Waals surface area contributed by atoms with Gasteiger partial charge in [0.15, 0.2) is 0 Å². The minimum Gasteiger partial charge on any atom is -0.341 e. The molecule has 160 valence electrons. The van der Waals surface area contributed by atoms with E-state index in [-0.39, 0.29) is 15.5 Å². The Balaban J connectivity index is 1.74. The number of pyridine rings is 1. The van der Waals surface area contributed by atoms with Gasteiger partial charge in [-0.2, -0.15) is 4.31 Å². The number of nitrogens with one attached hydrogen (secondary N) is 2. The number of anilines is 1. The van der Waals surface area contributed by atoms with Gasteiger partial charge in [0.2, 0.25) is 15.9 Å². The number of carbonyl (C=O) groups excluding carboxylic acids is 2. The van der Waals surface area contributed by atoms with Crippen molar-refractivity contribution in [1.82, 2.24) is 14.6 Å². The summed E-state index contributed by atoms with van der Waals surface area (Å²) in [5.74, 6) is -0.992. The van der Waals surface area contributed by atoms with Crippen molar-refractivity contribution >= 4 is 39.1 Å². The number of carbonyl (C=O) groups is 2. The zero-order chi connectivity index (χ0) is 21.9. The van der Waals surface area contributed by atoms with Crippen LogP contribution in [0.25, 0.3) is 0 Å². The lowest BCUT2D eigenvalue weighted by Gasteiger charge is -2.18. The van der Waals surface area contributed by atoms with Crippen LogP contribution in [0.4, 0.5) is 5.69 Å². The average molecular weight is 451 g/mol. The Hall–Kier alpha value is -2.49. The highest BCUT2D eigenvalue weighted by Crippen LogP contribution is 2.28. The zero-order valence-electron chi connectivity index (χ0n) is 16.7. The first-order valence-corrected chi connectivity index (χ1v) is 11.3. The number of sulfonamides is 1. The van der Waals surface area contributed by atoms with E-state index in [0.29, 0.717) is 24.5 Å². The van der Waals surface area contributed by atoms with Crippen LogP contribution < -0.4 is 10.6 Å². The number of halogens is 1. The molecule has 0 radical (unpaired) electrons. The summed E-state index contributed by atoms with van der Waals surface area (Å²) >= 11 is 6.12. The molecule has 0 spiro atoms. The highest BCUT2D eigenvalue weighted by molar-refractivity contribution is 7.89. The number of hydrogen-bond acceptors (Lipinski definition) is 5. The number of amides is 2. The normalized spacial score (nSPS) is 15.6. The molecule has 0 bridgehead atoms. The first-order chi connectivity index (χ1) is 14.2. The van der Waals surface area contributed by atoms with Crippen LogP contribution in [0.1, 0.15) is 35.8 Å². The summed E-state index contributed by atoms with van der Waals surface area (Å²) in [6.45, 7) is 4.16. The van der Waals surface area contributed by atoms with Gasteiger partial charge < -0.3 is 10.6 Å². The van der Waals surface area contributed by atoms with Gasteiger partial charge in [0.05, 0.1) is 16.4 Å². The van der Waals surface area contributed by atoms with Gasteiger partial charge in [0, 0.05) is 24.8 Å². The molecule has 0 saturated carbocycles. The number of aromatic nitrogens is 1. The monoisotopic (exact) mass is 450 g/mol. The fourth-order valence-corrected chi connectivity index (χ4v) is 5.13. The molecule has 1 aliphatic heterocycles. The number of benzene rings is 1. The second-order valence-electron chi connectivity index (χ2n) is 7.08. The van der Waals surface area contributed by atoms with Crippen LogP contribution in [0.2, 0.25) is 5.02 Å². The SMILES string of the molecule is Cc1ncccc1NC(=O)[C@H](C)NC(=O)c1ccc(Cl)c(S(=O)(=O)N2CCCC2)c1. The van der Waals surface area contributed by atoms with E-state index in [4.69, 9.17) is 11.6 Å². The summed E-state index contributed by atoms with van der Waals surface area (Å²) in [6.07, 6.45) is 3.20. The van der Waals surface area contributed by atoms with Crippen LogP contribution in [-0.2, 0) is 14.8 Å². The van der Waals surface area contributed by atoms with Crippen molar-refractivity contribution in [3.8, 4) is 0 Å². The van der Waals surface area contributed by atoms with Gasteiger partial charge in [-0.3, -0.25) is 14.6 Å². The Morgan fingerprint density at radius 2 is 1.90 bits per heavy atom. The predicted molar refractivity (Wildman–Crippen MR) is 114 cm³/mol. The van der Waals surface area contributed by atoms with Crippen molar-refractivity contribution in [2.24, 2.45) is 0 Å². The van der Waals surface area contributed by atoms with Crippen LogP contribution in [0, 0.1) is 6.92 Å². The van der Waals surface area contributed by atoms with E-state index in [9.17, 15) is 18.0 Å². The summed E-state index contributed by atoms with van der Waals surface area (Å²) in [5, 5.41) is 5.34. The van der Waals surface area contributed by atoms with E-state index in [1.807, 2.05) is 0 Å². The number of nitrogens with zero attached hydrogens (tertiary/aromatic N) is 2. The smallest absolute Gasteiger partial charge is 0.251 e. The lowest BCUT2D eigenvalue weighted by molar-refractivity contribution is -0.117. The molecule has 1 aromatic carbocycles. The molecule has 10 heteroatoms. The molecule has 1 fully saturated rings. The molecule has 0 unspecified atom stereocenters. The van der Waals surface area contributed by atoms with Gasteiger partial charge in [-0.15, -0.1) is 0 Å². The molecule has 30 heavy (non-hydrogen) atoms. The molecule has 3 rings (SSSR count). The number of aryl methyl sites for hydroxylation is 1. The highest BCUT2D eigenvalue weighted by Gasteiger charge is 2.30. The van der Waals surface area contributed by atoms with E-state index < -0.39 is 27.9 Å². The summed E-state index contributed by atoms with van der Waals surface area (Å²) in [4.78, 5) is 29.0. The van der Waals surface area contributed by atoms with Gasteiger partial charge in [0.25, 0.3) is 5.91 Å². The second-order valence-corrected chi connectivity index (χ2v) is 9.39. The van der Waals surface area contributed by atoms with E-state index in [1.54, 1.807) is 25.3 Å².